The minimum atomic E-state index is -0.398. The molecule has 0 aliphatic carbocycles. The fourth-order valence-corrected chi connectivity index (χ4v) is 2.53. The van der Waals surface area contributed by atoms with Crippen molar-refractivity contribution in [1.82, 2.24) is 5.32 Å². The Balaban J connectivity index is 2.09. The summed E-state index contributed by atoms with van der Waals surface area (Å²) < 4.78 is 16.4. The third kappa shape index (κ3) is 5.50. The van der Waals surface area contributed by atoms with E-state index >= 15 is 0 Å². The highest BCUT2D eigenvalue weighted by atomic mass is 16.5. The van der Waals surface area contributed by atoms with Crippen molar-refractivity contribution in [2.45, 2.75) is 32.3 Å². The zero-order chi connectivity index (χ0) is 18.1. The van der Waals surface area contributed by atoms with Crippen molar-refractivity contribution in [2.75, 3.05) is 26.9 Å². The zero-order valence-corrected chi connectivity index (χ0v) is 14.7. The summed E-state index contributed by atoms with van der Waals surface area (Å²) in [6.45, 7) is 3.73. The van der Waals surface area contributed by atoms with Gasteiger partial charge in [0.05, 0.1) is 19.8 Å². The molecule has 1 aliphatic heterocycles. The number of amides is 1. The minimum Gasteiger partial charge on any atom is -0.493 e. The molecule has 6 nitrogen and oxygen atoms in total. The molecule has 1 N–H and O–H groups in total. The Morgan fingerprint density at radius 1 is 1.48 bits per heavy atom. The number of nitrogens with one attached hydrogen (secondary N) is 1. The van der Waals surface area contributed by atoms with Gasteiger partial charge in [0.25, 0.3) is 5.91 Å². The van der Waals surface area contributed by atoms with Gasteiger partial charge in [0.2, 0.25) is 0 Å². The van der Waals surface area contributed by atoms with Crippen LogP contribution < -0.4 is 14.8 Å². The Morgan fingerprint density at radius 2 is 2.32 bits per heavy atom. The SMILES string of the molecule is CCCOc1cc(/C=C(/C#N)C(=O)NC[C@@H]2CCCO2)ccc1OC. The van der Waals surface area contributed by atoms with Gasteiger partial charge < -0.3 is 19.5 Å². The van der Waals surface area contributed by atoms with Gasteiger partial charge in [-0.25, -0.2) is 0 Å². The molecule has 1 saturated heterocycles. The number of nitriles is 1. The van der Waals surface area contributed by atoms with Gasteiger partial charge in [-0.2, -0.15) is 5.26 Å². The average Bonchev–Trinajstić information content (AvgIpc) is 3.16. The lowest BCUT2D eigenvalue weighted by Gasteiger charge is -2.11. The second kappa shape index (κ2) is 9.70. The van der Waals surface area contributed by atoms with Gasteiger partial charge in [-0.15, -0.1) is 0 Å². The number of benzene rings is 1. The molecule has 0 radical (unpaired) electrons. The van der Waals surface area contributed by atoms with Crippen molar-refractivity contribution in [2.24, 2.45) is 0 Å². The average molecular weight is 344 g/mol. The van der Waals surface area contributed by atoms with Crippen LogP contribution in [0.15, 0.2) is 23.8 Å². The van der Waals surface area contributed by atoms with E-state index in [1.807, 2.05) is 13.0 Å². The Morgan fingerprint density at radius 3 is 2.96 bits per heavy atom. The van der Waals surface area contributed by atoms with Crippen LogP contribution in [0.4, 0.5) is 0 Å². The van der Waals surface area contributed by atoms with E-state index in [0.717, 1.165) is 25.9 Å². The monoisotopic (exact) mass is 344 g/mol. The third-order valence-corrected chi connectivity index (χ3v) is 3.84. The first-order valence-corrected chi connectivity index (χ1v) is 8.50. The van der Waals surface area contributed by atoms with Gasteiger partial charge in [0, 0.05) is 13.2 Å². The number of carbonyl (C=O) groups is 1. The Hall–Kier alpha value is -2.52. The molecule has 1 aliphatic rings. The Bertz CT molecular complexity index is 658. The summed E-state index contributed by atoms with van der Waals surface area (Å²) >= 11 is 0. The summed E-state index contributed by atoms with van der Waals surface area (Å²) in [5.41, 5.74) is 0.750. The fourth-order valence-electron chi connectivity index (χ4n) is 2.53. The summed E-state index contributed by atoms with van der Waals surface area (Å²) in [5, 5.41) is 12.1. The third-order valence-electron chi connectivity index (χ3n) is 3.84. The van der Waals surface area contributed by atoms with Crippen LogP contribution >= 0.6 is 0 Å². The molecular formula is C19H24N2O4. The van der Waals surface area contributed by atoms with Crippen LogP contribution in [-0.2, 0) is 9.53 Å². The van der Waals surface area contributed by atoms with Crippen molar-refractivity contribution in [3.63, 3.8) is 0 Å². The molecule has 0 saturated carbocycles. The largest absolute Gasteiger partial charge is 0.493 e. The number of methoxy groups -OCH3 is 1. The topological polar surface area (TPSA) is 80.6 Å². The molecule has 1 amide bonds. The first-order chi connectivity index (χ1) is 12.2. The van der Waals surface area contributed by atoms with Crippen molar-refractivity contribution >= 4 is 12.0 Å². The summed E-state index contributed by atoms with van der Waals surface area (Å²) in [6.07, 6.45) is 4.40. The standard InChI is InChI=1S/C19H24N2O4/c1-3-8-25-18-11-14(6-7-17(18)23-2)10-15(12-20)19(22)21-13-16-5-4-9-24-16/h6-7,10-11,16H,3-5,8-9,13H2,1-2H3,(H,21,22)/b15-10-/t16-/m0/s1. The molecule has 1 heterocycles. The number of nitrogens with zero attached hydrogens (tertiary/aromatic N) is 1. The maximum Gasteiger partial charge on any atom is 0.262 e. The van der Waals surface area contributed by atoms with E-state index in [4.69, 9.17) is 14.2 Å². The van der Waals surface area contributed by atoms with Crippen LogP contribution in [-0.4, -0.2) is 38.9 Å². The van der Waals surface area contributed by atoms with Crippen molar-refractivity contribution in [3.05, 3.63) is 29.3 Å². The minimum absolute atomic E-state index is 0.0407. The van der Waals surface area contributed by atoms with Crippen molar-refractivity contribution in [3.8, 4) is 17.6 Å². The molecule has 0 aromatic heterocycles. The maximum atomic E-state index is 12.2. The second-order valence-corrected chi connectivity index (χ2v) is 5.77. The number of hydrogen-bond donors (Lipinski definition) is 1. The van der Waals surface area contributed by atoms with Gasteiger partial charge in [0.15, 0.2) is 11.5 Å². The summed E-state index contributed by atoms with van der Waals surface area (Å²) in [6, 6.07) is 7.26. The predicted molar refractivity (Wildman–Crippen MR) is 94.4 cm³/mol. The normalized spacial score (nSPS) is 17.0. The molecule has 1 aromatic carbocycles. The van der Waals surface area contributed by atoms with Gasteiger partial charge >= 0.3 is 0 Å². The van der Waals surface area contributed by atoms with E-state index in [2.05, 4.69) is 5.32 Å². The molecule has 0 unspecified atom stereocenters. The maximum absolute atomic E-state index is 12.2. The first-order valence-electron chi connectivity index (χ1n) is 8.50. The summed E-state index contributed by atoms with van der Waals surface area (Å²) in [4.78, 5) is 12.2. The van der Waals surface area contributed by atoms with Crippen LogP contribution in [0.2, 0.25) is 0 Å². The molecule has 0 spiro atoms. The number of ether oxygens (including phenoxy) is 3. The van der Waals surface area contributed by atoms with Crippen molar-refractivity contribution in [1.29, 1.82) is 5.26 Å². The van der Waals surface area contributed by atoms with Crippen LogP contribution in [0.25, 0.3) is 6.08 Å². The van der Waals surface area contributed by atoms with Gasteiger partial charge in [0.1, 0.15) is 11.6 Å². The Kier molecular flexibility index (Phi) is 7.30. The first kappa shape index (κ1) is 18.8. The molecule has 134 valence electrons. The van der Waals surface area contributed by atoms with Gasteiger partial charge in [-0.3, -0.25) is 4.79 Å². The lowest BCUT2D eigenvalue weighted by Crippen LogP contribution is -2.32. The summed E-state index contributed by atoms with van der Waals surface area (Å²) in [7, 11) is 1.57. The smallest absolute Gasteiger partial charge is 0.262 e. The molecule has 1 atom stereocenters. The van der Waals surface area contributed by atoms with E-state index in [1.165, 1.54) is 0 Å². The van der Waals surface area contributed by atoms with Crippen LogP contribution in [0, 0.1) is 11.3 Å². The highest BCUT2D eigenvalue weighted by Crippen LogP contribution is 2.29. The number of rotatable bonds is 8. The van der Waals surface area contributed by atoms with Crippen LogP contribution in [0.5, 0.6) is 11.5 Å². The lowest BCUT2D eigenvalue weighted by molar-refractivity contribution is -0.117. The molecule has 6 heteroatoms. The van der Waals surface area contributed by atoms with E-state index in [0.29, 0.717) is 30.2 Å². The molecule has 1 fully saturated rings. The quantitative estimate of drug-likeness (QED) is 0.579. The Labute approximate surface area is 148 Å². The number of hydrogen-bond acceptors (Lipinski definition) is 5. The van der Waals surface area contributed by atoms with Gasteiger partial charge in [-0.05, 0) is 43.0 Å². The molecule has 1 aromatic rings. The van der Waals surface area contributed by atoms with E-state index in [-0.39, 0.29) is 11.7 Å². The lowest BCUT2D eigenvalue weighted by atomic mass is 10.1. The van der Waals surface area contributed by atoms with E-state index in [1.54, 1.807) is 31.4 Å². The molecule has 25 heavy (non-hydrogen) atoms. The highest BCUT2D eigenvalue weighted by molar-refractivity contribution is 6.01. The van der Waals surface area contributed by atoms with Crippen molar-refractivity contribution < 1.29 is 19.0 Å². The predicted octanol–water partition coefficient (Wildman–Crippen LogP) is 2.69. The van der Waals surface area contributed by atoms with E-state index < -0.39 is 5.91 Å². The molecular weight excluding hydrogens is 320 g/mol. The summed E-state index contributed by atoms with van der Waals surface area (Å²) in [5.74, 6) is 0.812. The van der Waals surface area contributed by atoms with E-state index in [9.17, 15) is 10.1 Å². The van der Waals surface area contributed by atoms with Crippen LogP contribution in [0.3, 0.4) is 0 Å². The fraction of sp³-hybridized carbons (Fsp3) is 0.474. The molecule has 0 bridgehead atoms. The molecule has 2 rings (SSSR count). The highest BCUT2D eigenvalue weighted by Gasteiger charge is 2.17. The zero-order valence-electron chi connectivity index (χ0n) is 14.7. The number of carbonyl (C=O) groups excluding carboxylic acids is 1. The van der Waals surface area contributed by atoms with Crippen LogP contribution in [0.1, 0.15) is 31.7 Å². The van der Waals surface area contributed by atoms with Gasteiger partial charge in [-0.1, -0.05) is 13.0 Å². The second-order valence-electron chi connectivity index (χ2n) is 5.77.